The normalized spacial score (nSPS) is 30.3. The van der Waals surface area contributed by atoms with Crippen LogP contribution < -0.4 is 5.32 Å². The summed E-state index contributed by atoms with van der Waals surface area (Å²) in [4.78, 5) is 13.2. The molecule has 0 bridgehead atoms. The lowest BCUT2D eigenvalue weighted by Gasteiger charge is -2.48. The molecule has 0 aromatic carbocycles. The molecule has 3 aliphatic rings. The molecule has 0 saturated carbocycles. The molecule has 3 rings (SSSR count). The summed E-state index contributed by atoms with van der Waals surface area (Å²) in [6.07, 6.45) is 22.7. The van der Waals surface area contributed by atoms with Gasteiger partial charge in [-0.05, 0) is 64.2 Å². The molecule has 466 valence electrons. The third kappa shape index (κ3) is 27.6. The summed E-state index contributed by atoms with van der Waals surface area (Å²) in [6.45, 7) is 1.61. The molecule has 17 atom stereocenters. The highest BCUT2D eigenvalue weighted by atomic mass is 16.8. The standard InChI is InChI=1S/C61H109NO18/c1-3-5-7-9-11-13-15-16-17-18-19-20-21-22-23-24-25-26-27-28-29-30-32-34-36-38-45(66)44(62-49(67)39-37-35-33-31-14-12-10-8-6-4-2)43-75-59-55(73)52(70)57(47(41-64)77-59)80-61-56(74)53(71)58(48(42-65)78-61)79-60-54(72)51(69)50(68)46(40-63)76-60/h8,10,25-26,29-30,36,38,44-48,50-61,63-66,68-74H,3-7,9,11-24,27-28,31-35,37,39-43H2,1-2H3,(H,62,67)/b10-8-,26-25+,30-29+,38-36+. The summed E-state index contributed by atoms with van der Waals surface area (Å²) in [5, 5.41) is 120. The van der Waals surface area contributed by atoms with Gasteiger partial charge < -0.3 is 89.9 Å². The molecule has 19 heteroatoms. The summed E-state index contributed by atoms with van der Waals surface area (Å²) in [5.41, 5.74) is 0. The number of aliphatic hydroxyl groups excluding tert-OH is 11. The van der Waals surface area contributed by atoms with Gasteiger partial charge in [0, 0.05) is 6.42 Å². The number of amides is 1. The Morgan fingerprint density at radius 3 is 1.30 bits per heavy atom. The SMILES string of the molecule is CCC/C=C\CCCCCCCC(=O)NC(COC1OC(CO)C(OC2OC(CO)C(OC3OC(CO)C(O)C(O)C3O)C(O)C2O)C(O)C1O)C(O)/C=C/CC/C=C/CC/C=C/CCCCCCCCCCCCCCCCC. The number of carbonyl (C=O) groups is 1. The van der Waals surface area contributed by atoms with Crippen LogP contribution >= 0.6 is 0 Å². The second-order valence-electron chi connectivity index (χ2n) is 22.1. The van der Waals surface area contributed by atoms with Crippen molar-refractivity contribution in [1.29, 1.82) is 0 Å². The average Bonchev–Trinajstić information content (AvgIpc) is 3.47. The summed E-state index contributed by atoms with van der Waals surface area (Å²) in [7, 11) is 0. The van der Waals surface area contributed by atoms with E-state index in [2.05, 4.69) is 55.6 Å². The van der Waals surface area contributed by atoms with Gasteiger partial charge in [0.1, 0.15) is 73.2 Å². The van der Waals surface area contributed by atoms with Gasteiger partial charge in [-0.2, -0.15) is 0 Å². The number of hydrogen-bond acceptors (Lipinski definition) is 18. The first-order valence-electron chi connectivity index (χ1n) is 30.9. The van der Waals surface area contributed by atoms with Gasteiger partial charge in [0.15, 0.2) is 18.9 Å². The molecule has 19 nitrogen and oxygen atoms in total. The van der Waals surface area contributed by atoms with Crippen LogP contribution in [-0.2, 0) is 33.2 Å². The third-order valence-electron chi connectivity index (χ3n) is 15.3. The van der Waals surface area contributed by atoms with Gasteiger partial charge in [0.2, 0.25) is 5.91 Å². The molecule has 1 amide bonds. The van der Waals surface area contributed by atoms with Crippen molar-refractivity contribution >= 4 is 5.91 Å². The van der Waals surface area contributed by atoms with Crippen LogP contribution in [0.15, 0.2) is 48.6 Å². The summed E-state index contributed by atoms with van der Waals surface area (Å²) >= 11 is 0. The van der Waals surface area contributed by atoms with E-state index in [0.29, 0.717) is 12.8 Å². The molecule has 0 aromatic heterocycles. The Hall–Kier alpha value is -2.25. The minimum absolute atomic E-state index is 0.219. The van der Waals surface area contributed by atoms with E-state index in [1.807, 2.05) is 6.08 Å². The molecule has 17 unspecified atom stereocenters. The predicted molar refractivity (Wildman–Crippen MR) is 305 cm³/mol. The van der Waals surface area contributed by atoms with E-state index in [4.69, 9.17) is 28.4 Å². The number of aliphatic hydroxyl groups is 11. The first-order chi connectivity index (χ1) is 38.8. The predicted octanol–water partition coefficient (Wildman–Crippen LogP) is 5.87. The smallest absolute Gasteiger partial charge is 0.220 e. The Morgan fingerprint density at radius 2 is 0.825 bits per heavy atom. The van der Waals surface area contributed by atoms with Crippen LogP contribution in [0.25, 0.3) is 0 Å². The average molecular weight is 1140 g/mol. The van der Waals surface area contributed by atoms with E-state index in [-0.39, 0.29) is 18.9 Å². The summed E-state index contributed by atoms with van der Waals surface area (Å²) < 4.78 is 34.2. The van der Waals surface area contributed by atoms with Gasteiger partial charge in [-0.15, -0.1) is 0 Å². The zero-order valence-electron chi connectivity index (χ0n) is 48.5. The second-order valence-corrected chi connectivity index (χ2v) is 22.1. The number of carbonyl (C=O) groups excluding carboxylic acids is 1. The molecule has 80 heavy (non-hydrogen) atoms. The lowest BCUT2D eigenvalue weighted by Crippen LogP contribution is -2.66. The molecule has 0 radical (unpaired) electrons. The van der Waals surface area contributed by atoms with Crippen LogP contribution in [0.1, 0.15) is 200 Å². The third-order valence-corrected chi connectivity index (χ3v) is 15.3. The quantitative estimate of drug-likeness (QED) is 0.0250. The van der Waals surface area contributed by atoms with Gasteiger partial charge in [-0.1, -0.05) is 178 Å². The molecule has 3 saturated heterocycles. The maximum atomic E-state index is 13.2. The zero-order valence-corrected chi connectivity index (χ0v) is 48.5. The van der Waals surface area contributed by atoms with Crippen molar-refractivity contribution < 1.29 is 89.4 Å². The van der Waals surface area contributed by atoms with Crippen LogP contribution in [-0.4, -0.2) is 193 Å². The van der Waals surface area contributed by atoms with Gasteiger partial charge in [-0.25, -0.2) is 0 Å². The highest BCUT2D eigenvalue weighted by molar-refractivity contribution is 5.76. The maximum Gasteiger partial charge on any atom is 0.220 e. The summed E-state index contributed by atoms with van der Waals surface area (Å²) in [5.74, 6) is -0.303. The number of unbranched alkanes of at least 4 members (excludes halogenated alkanes) is 23. The second kappa shape index (κ2) is 44.3. The molecular weight excluding hydrogens is 1030 g/mol. The minimum atomic E-state index is -1.98. The van der Waals surface area contributed by atoms with E-state index in [1.165, 1.54) is 96.3 Å². The number of nitrogens with one attached hydrogen (secondary N) is 1. The van der Waals surface area contributed by atoms with Crippen LogP contribution in [0.2, 0.25) is 0 Å². The highest BCUT2D eigenvalue weighted by Gasteiger charge is 2.53. The summed E-state index contributed by atoms with van der Waals surface area (Å²) in [6, 6.07) is -0.999. The number of allylic oxidation sites excluding steroid dienone is 7. The van der Waals surface area contributed by atoms with Crippen molar-refractivity contribution in [2.45, 2.75) is 304 Å². The van der Waals surface area contributed by atoms with E-state index in [1.54, 1.807) is 6.08 Å². The molecule has 12 N–H and O–H groups in total. The first kappa shape index (κ1) is 72.0. The minimum Gasteiger partial charge on any atom is -0.394 e. The molecule has 0 aromatic rings. The van der Waals surface area contributed by atoms with Crippen molar-refractivity contribution in [1.82, 2.24) is 5.32 Å². The van der Waals surface area contributed by atoms with E-state index in [0.717, 1.165) is 70.6 Å². The van der Waals surface area contributed by atoms with E-state index >= 15 is 0 Å². The number of ether oxygens (including phenoxy) is 6. The maximum absolute atomic E-state index is 13.2. The van der Waals surface area contributed by atoms with Gasteiger partial charge in [-0.3, -0.25) is 4.79 Å². The first-order valence-corrected chi connectivity index (χ1v) is 30.9. The fourth-order valence-electron chi connectivity index (χ4n) is 10.2. The number of hydrogen-bond donors (Lipinski definition) is 12. The van der Waals surface area contributed by atoms with Crippen molar-refractivity contribution in [3.63, 3.8) is 0 Å². The van der Waals surface area contributed by atoms with Crippen molar-refractivity contribution in [3.05, 3.63) is 48.6 Å². The molecule has 0 spiro atoms. The largest absolute Gasteiger partial charge is 0.394 e. The Bertz CT molecular complexity index is 1650. The number of rotatable bonds is 45. The molecule has 0 aliphatic carbocycles. The van der Waals surface area contributed by atoms with Gasteiger partial charge in [0.25, 0.3) is 0 Å². The molecule has 3 fully saturated rings. The molecule has 3 heterocycles. The van der Waals surface area contributed by atoms with E-state index in [9.17, 15) is 61.0 Å². The lowest BCUT2D eigenvalue weighted by molar-refractivity contribution is -0.379. The fraction of sp³-hybridized carbons (Fsp3) is 0.852. The van der Waals surface area contributed by atoms with Crippen LogP contribution in [0.5, 0.6) is 0 Å². The van der Waals surface area contributed by atoms with Crippen LogP contribution in [0.4, 0.5) is 0 Å². The van der Waals surface area contributed by atoms with Crippen molar-refractivity contribution in [3.8, 4) is 0 Å². The van der Waals surface area contributed by atoms with Crippen molar-refractivity contribution in [2.24, 2.45) is 0 Å². The zero-order chi connectivity index (χ0) is 58.3. The fourth-order valence-corrected chi connectivity index (χ4v) is 10.2. The topological polar surface area (TPSA) is 307 Å². The Labute approximate surface area is 478 Å². The lowest BCUT2D eigenvalue weighted by atomic mass is 9.96. The Balaban J connectivity index is 1.47. The van der Waals surface area contributed by atoms with Crippen LogP contribution in [0.3, 0.4) is 0 Å². The van der Waals surface area contributed by atoms with E-state index < -0.39 is 124 Å². The Morgan fingerprint density at radius 1 is 0.438 bits per heavy atom. The van der Waals surface area contributed by atoms with Crippen molar-refractivity contribution in [2.75, 3.05) is 26.4 Å². The van der Waals surface area contributed by atoms with Crippen LogP contribution in [0, 0.1) is 0 Å². The molecule has 3 aliphatic heterocycles. The Kier molecular flexibility index (Phi) is 39.8. The molecular formula is C61H109NO18. The van der Waals surface area contributed by atoms with Gasteiger partial charge >= 0.3 is 0 Å². The highest BCUT2D eigenvalue weighted by Crippen LogP contribution is 2.33. The monoisotopic (exact) mass is 1140 g/mol. The van der Waals surface area contributed by atoms with Gasteiger partial charge in [0.05, 0.1) is 38.6 Å².